The summed E-state index contributed by atoms with van der Waals surface area (Å²) < 4.78 is 0. The first-order valence-corrected chi connectivity index (χ1v) is 9.22. The highest BCUT2D eigenvalue weighted by Crippen LogP contribution is 2.22. The summed E-state index contributed by atoms with van der Waals surface area (Å²) in [6, 6.07) is 18.6. The maximum absolute atomic E-state index is 12.5. The standard InChI is InChI=1S/C23H26N2O/c1-16(13-14-19-9-5-4-6-10-19)24-23(26)15-21-17(2)20-11-7-8-12-22(20)25-18(21)3/h4-12,16H,13-15H2,1-3H3,(H,24,26). The number of para-hydroxylation sites is 1. The normalized spacial score (nSPS) is 12.1. The highest BCUT2D eigenvalue weighted by atomic mass is 16.1. The van der Waals surface area contributed by atoms with Gasteiger partial charge in [-0.15, -0.1) is 0 Å². The van der Waals surface area contributed by atoms with Gasteiger partial charge in [0, 0.05) is 17.1 Å². The number of carbonyl (C=O) groups excluding carboxylic acids is 1. The zero-order valence-corrected chi connectivity index (χ0v) is 15.8. The fraction of sp³-hybridized carbons (Fsp3) is 0.304. The highest BCUT2D eigenvalue weighted by Gasteiger charge is 2.14. The maximum atomic E-state index is 12.5. The first-order valence-electron chi connectivity index (χ1n) is 9.22. The molecule has 26 heavy (non-hydrogen) atoms. The van der Waals surface area contributed by atoms with E-state index < -0.39 is 0 Å². The second-order valence-electron chi connectivity index (χ2n) is 6.99. The highest BCUT2D eigenvalue weighted by molar-refractivity contribution is 5.86. The van der Waals surface area contributed by atoms with Crippen molar-refractivity contribution in [1.82, 2.24) is 10.3 Å². The van der Waals surface area contributed by atoms with Crippen LogP contribution in [0.5, 0.6) is 0 Å². The van der Waals surface area contributed by atoms with Gasteiger partial charge in [-0.3, -0.25) is 9.78 Å². The van der Waals surface area contributed by atoms with Crippen LogP contribution in [-0.4, -0.2) is 16.9 Å². The van der Waals surface area contributed by atoms with E-state index in [1.807, 2.05) is 31.2 Å². The lowest BCUT2D eigenvalue weighted by atomic mass is 9.99. The fourth-order valence-corrected chi connectivity index (χ4v) is 3.42. The van der Waals surface area contributed by atoms with Gasteiger partial charge in [-0.05, 0) is 56.4 Å². The summed E-state index contributed by atoms with van der Waals surface area (Å²) in [6.07, 6.45) is 2.28. The van der Waals surface area contributed by atoms with Gasteiger partial charge in [0.1, 0.15) is 0 Å². The first kappa shape index (κ1) is 18.1. The van der Waals surface area contributed by atoms with Crippen LogP contribution in [0.15, 0.2) is 54.6 Å². The molecule has 0 aliphatic heterocycles. The Balaban J connectivity index is 1.63. The molecule has 134 valence electrons. The fourth-order valence-electron chi connectivity index (χ4n) is 3.42. The number of hydrogen-bond donors (Lipinski definition) is 1. The second-order valence-corrected chi connectivity index (χ2v) is 6.99. The molecule has 1 unspecified atom stereocenters. The van der Waals surface area contributed by atoms with Crippen LogP contribution in [-0.2, 0) is 17.6 Å². The van der Waals surface area contributed by atoms with E-state index >= 15 is 0 Å². The maximum Gasteiger partial charge on any atom is 0.224 e. The van der Waals surface area contributed by atoms with Crippen LogP contribution in [0.4, 0.5) is 0 Å². The monoisotopic (exact) mass is 346 g/mol. The lowest BCUT2D eigenvalue weighted by Gasteiger charge is -2.16. The third-order valence-electron chi connectivity index (χ3n) is 4.94. The Bertz CT molecular complexity index is 903. The number of nitrogens with one attached hydrogen (secondary N) is 1. The lowest BCUT2D eigenvalue weighted by molar-refractivity contribution is -0.121. The molecule has 1 atom stereocenters. The molecule has 1 heterocycles. The Morgan fingerprint density at radius 2 is 1.73 bits per heavy atom. The Labute approximate surface area is 155 Å². The third kappa shape index (κ3) is 4.29. The Morgan fingerprint density at radius 3 is 2.50 bits per heavy atom. The third-order valence-corrected chi connectivity index (χ3v) is 4.94. The van der Waals surface area contributed by atoms with Gasteiger partial charge >= 0.3 is 0 Å². The molecule has 3 aromatic rings. The van der Waals surface area contributed by atoms with Gasteiger partial charge in [-0.25, -0.2) is 0 Å². The van der Waals surface area contributed by atoms with Crippen molar-refractivity contribution in [2.45, 2.75) is 46.1 Å². The predicted molar refractivity (Wildman–Crippen MR) is 107 cm³/mol. The Morgan fingerprint density at radius 1 is 1.04 bits per heavy atom. The zero-order chi connectivity index (χ0) is 18.5. The number of aromatic nitrogens is 1. The van der Waals surface area contributed by atoms with Crippen LogP contribution >= 0.6 is 0 Å². The topological polar surface area (TPSA) is 42.0 Å². The van der Waals surface area contributed by atoms with E-state index in [2.05, 4.69) is 54.5 Å². The number of aryl methyl sites for hydroxylation is 3. The van der Waals surface area contributed by atoms with Crippen molar-refractivity contribution in [2.24, 2.45) is 0 Å². The smallest absolute Gasteiger partial charge is 0.224 e. The van der Waals surface area contributed by atoms with E-state index in [1.54, 1.807) is 0 Å². The molecule has 3 heteroatoms. The molecule has 0 saturated carbocycles. The van der Waals surface area contributed by atoms with Gasteiger partial charge in [-0.2, -0.15) is 0 Å². The van der Waals surface area contributed by atoms with Crippen molar-refractivity contribution in [3.05, 3.63) is 77.0 Å². The average molecular weight is 346 g/mol. The van der Waals surface area contributed by atoms with Gasteiger partial charge in [0.05, 0.1) is 11.9 Å². The second kappa shape index (κ2) is 8.13. The molecular formula is C23H26N2O. The van der Waals surface area contributed by atoms with E-state index in [0.29, 0.717) is 6.42 Å². The molecule has 0 fully saturated rings. The summed E-state index contributed by atoms with van der Waals surface area (Å²) in [6.45, 7) is 6.14. The number of amides is 1. The molecule has 0 aliphatic carbocycles. The van der Waals surface area contributed by atoms with Gasteiger partial charge in [0.15, 0.2) is 0 Å². The average Bonchev–Trinajstić information content (AvgIpc) is 2.64. The van der Waals surface area contributed by atoms with Crippen molar-refractivity contribution in [2.75, 3.05) is 0 Å². The number of hydrogen-bond acceptors (Lipinski definition) is 2. The van der Waals surface area contributed by atoms with Gasteiger partial charge in [-0.1, -0.05) is 48.5 Å². The number of benzene rings is 2. The van der Waals surface area contributed by atoms with Crippen molar-refractivity contribution >= 4 is 16.8 Å². The van der Waals surface area contributed by atoms with E-state index in [1.165, 1.54) is 5.56 Å². The van der Waals surface area contributed by atoms with E-state index in [4.69, 9.17) is 0 Å². The lowest BCUT2D eigenvalue weighted by Crippen LogP contribution is -2.34. The summed E-state index contributed by atoms with van der Waals surface area (Å²) in [5.41, 5.74) is 5.42. The summed E-state index contributed by atoms with van der Waals surface area (Å²) in [5.74, 6) is 0.0637. The molecule has 3 rings (SSSR count). The summed E-state index contributed by atoms with van der Waals surface area (Å²) in [7, 11) is 0. The molecule has 0 radical (unpaired) electrons. The minimum absolute atomic E-state index is 0.0637. The van der Waals surface area contributed by atoms with E-state index in [0.717, 1.165) is 40.6 Å². The molecule has 3 nitrogen and oxygen atoms in total. The summed E-state index contributed by atoms with van der Waals surface area (Å²) in [5, 5.41) is 4.26. The zero-order valence-electron chi connectivity index (χ0n) is 15.8. The largest absolute Gasteiger partial charge is 0.353 e. The van der Waals surface area contributed by atoms with E-state index in [9.17, 15) is 4.79 Å². The van der Waals surface area contributed by atoms with Crippen molar-refractivity contribution in [3.8, 4) is 0 Å². The van der Waals surface area contributed by atoms with Crippen LogP contribution in [0.25, 0.3) is 10.9 Å². The Kier molecular flexibility index (Phi) is 5.67. The van der Waals surface area contributed by atoms with Gasteiger partial charge in [0.25, 0.3) is 0 Å². The molecule has 0 spiro atoms. The molecule has 0 saturated heterocycles. The molecule has 1 N–H and O–H groups in total. The first-order chi connectivity index (χ1) is 12.5. The molecule has 2 aromatic carbocycles. The number of fused-ring (bicyclic) bond motifs is 1. The van der Waals surface area contributed by atoms with Gasteiger partial charge < -0.3 is 5.32 Å². The van der Waals surface area contributed by atoms with Crippen LogP contribution in [0.2, 0.25) is 0 Å². The molecule has 0 bridgehead atoms. The minimum atomic E-state index is 0.0637. The summed E-state index contributed by atoms with van der Waals surface area (Å²) >= 11 is 0. The SMILES string of the molecule is Cc1nc2ccccc2c(C)c1CC(=O)NC(C)CCc1ccccc1. The van der Waals surface area contributed by atoms with Crippen molar-refractivity contribution < 1.29 is 4.79 Å². The predicted octanol–water partition coefficient (Wildman–Crippen LogP) is 4.53. The molecule has 0 aliphatic rings. The number of nitrogens with zero attached hydrogens (tertiary/aromatic N) is 1. The number of carbonyl (C=O) groups is 1. The van der Waals surface area contributed by atoms with Crippen molar-refractivity contribution in [3.63, 3.8) is 0 Å². The molecule has 1 amide bonds. The van der Waals surface area contributed by atoms with Crippen LogP contribution in [0.3, 0.4) is 0 Å². The Hall–Kier alpha value is -2.68. The number of rotatable bonds is 6. The van der Waals surface area contributed by atoms with E-state index in [-0.39, 0.29) is 11.9 Å². The molecular weight excluding hydrogens is 320 g/mol. The van der Waals surface area contributed by atoms with Crippen molar-refractivity contribution in [1.29, 1.82) is 0 Å². The van der Waals surface area contributed by atoms with Crippen LogP contribution in [0.1, 0.15) is 35.7 Å². The van der Waals surface area contributed by atoms with Crippen LogP contribution in [0, 0.1) is 13.8 Å². The van der Waals surface area contributed by atoms with Crippen LogP contribution < -0.4 is 5.32 Å². The minimum Gasteiger partial charge on any atom is -0.353 e. The quantitative estimate of drug-likeness (QED) is 0.712. The summed E-state index contributed by atoms with van der Waals surface area (Å²) in [4.78, 5) is 17.2. The number of pyridine rings is 1. The van der Waals surface area contributed by atoms with Gasteiger partial charge in [0.2, 0.25) is 5.91 Å². The molecule has 1 aromatic heterocycles.